The van der Waals surface area contributed by atoms with Crippen LogP contribution in [0.5, 0.6) is 11.5 Å². The standard InChI is InChI=1S/C31H34F3N3O3/c1-21-2-5-23(36-30(38)20-37-12-14-39-15-13-37)16-25(21)31(8-10-35-11-9-31)19-22-3-6-24(7-4-22)40-29-18-27(33)26(32)17-28(29)34/h2-7,16-18,35H,8-15,19-20H2,1H3,(H,36,38). The van der Waals surface area contributed by atoms with Gasteiger partial charge in [-0.15, -0.1) is 0 Å². The van der Waals surface area contributed by atoms with Crippen molar-refractivity contribution < 1.29 is 27.4 Å². The van der Waals surface area contributed by atoms with Gasteiger partial charge >= 0.3 is 0 Å². The van der Waals surface area contributed by atoms with Crippen LogP contribution in [0.4, 0.5) is 18.9 Å². The average Bonchev–Trinajstić information content (AvgIpc) is 2.95. The molecule has 2 N–H and O–H groups in total. The summed E-state index contributed by atoms with van der Waals surface area (Å²) in [6.45, 7) is 6.99. The van der Waals surface area contributed by atoms with E-state index in [0.29, 0.717) is 37.6 Å². The molecule has 1 amide bonds. The topological polar surface area (TPSA) is 62.8 Å². The Labute approximate surface area is 232 Å². The first-order valence-corrected chi connectivity index (χ1v) is 13.6. The summed E-state index contributed by atoms with van der Waals surface area (Å²) in [5, 5.41) is 6.54. The number of rotatable bonds is 8. The lowest BCUT2D eigenvalue weighted by molar-refractivity contribution is -0.118. The number of aryl methyl sites for hydroxylation is 1. The summed E-state index contributed by atoms with van der Waals surface area (Å²) in [5.74, 6) is -3.48. The molecule has 0 aliphatic carbocycles. The van der Waals surface area contributed by atoms with Crippen LogP contribution in [0, 0.1) is 24.4 Å². The van der Waals surface area contributed by atoms with Gasteiger partial charge in [-0.3, -0.25) is 9.69 Å². The minimum atomic E-state index is -1.26. The normalized spacial score (nSPS) is 17.4. The molecular formula is C31H34F3N3O3. The molecule has 2 fully saturated rings. The molecule has 6 nitrogen and oxygen atoms in total. The van der Waals surface area contributed by atoms with Gasteiger partial charge < -0.3 is 20.1 Å². The van der Waals surface area contributed by atoms with Crippen LogP contribution >= 0.6 is 0 Å². The van der Waals surface area contributed by atoms with E-state index in [1.807, 2.05) is 18.2 Å². The van der Waals surface area contributed by atoms with Crippen molar-refractivity contribution in [1.29, 1.82) is 0 Å². The van der Waals surface area contributed by atoms with Gasteiger partial charge in [0.25, 0.3) is 0 Å². The highest BCUT2D eigenvalue weighted by molar-refractivity contribution is 5.92. The summed E-state index contributed by atoms with van der Waals surface area (Å²) in [6.07, 6.45) is 2.62. The molecule has 0 spiro atoms. The summed E-state index contributed by atoms with van der Waals surface area (Å²) in [5.41, 5.74) is 4.09. The zero-order valence-electron chi connectivity index (χ0n) is 22.6. The third-order valence-corrected chi connectivity index (χ3v) is 7.79. The molecule has 0 bridgehead atoms. The number of halogens is 3. The number of piperidine rings is 1. The predicted octanol–water partition coefficient (Wildman–Crippen LogP) is 5.34. The molecule has 0 saturated carbocycles. The SMILES string of the molecule is Cc1ccc(NC(=O)CN2CCOCC2)cc1C1(Cc2ccc(Oc3cc(F)c(F)cc3F)cc2)CCNCC1. The number of hydrogen-bond donors (Lipinski definition) is 2. The number of morpholine rings is 1. The number of nitrogens with one attached hydrogen (secondary N) is 2. The zero-order valence-corrected chi connectivity index (χ0v) is 22.6. The highest BCUT2D eigenvalue weighted by atomic mass is 19.2. The Kier molecular flexibility index (Phi) is 8.73. The first kappa shape index (κ1) is 28.1. The second-order valence-corrected chi connectivity index (χ2v) is 10.6. The lowest BCUT2D eigenvalue weighted by Gasteiger charge is -2.40. The molecule has 40 heavy (non-hydrogen) atoms. The van der Waals surface area contributed by atoms with E-state index >= 15 is 0 Å². The van der Waals surface area contributed by atoms with Crippen LogP contribution in [0.1, 0.15) is 29.5 Å². The van der Waals surface area contributed by atoms with E-state index in [9.17, 15) is 18.0 Å². The van der Waals surface area contributed by atoms with E-state index in [2.05, 4.69) is 34.6 Å². The van der Waals surface area contributed by atoms with Crippen LogP contribution in [0.2, 0.25) is 0 Å². The summed E-state index contributed by atoms with van der Waals surface area (Å²) >= 11 is 0. The number of hydrogen-bond acceptors (Lipinski definition) is 5. The Morgan fingerprint density at radius 3 is 2.40 bits per heavy atom. The molecule has 2 saturated heterocycles. The van der Waals surface area contributed by atoms with Crippen LogP contribution in [0.15, 0.2) is 54.6 Å². The summed E-state index contributed by atoms with van der Waals surface area (Å²) in [6, 6.07) is 14.6. The maximum absolute atomic E-state index is 14.0. The molecule has 0 unspecified atom stereocenters. The molecule has 2 aliphatic rings. The number of carbonyl (C=O) groups is 1. The van der Waals surface area contributed by atoms with Gasteiger partial charge in [0.15, 0.2) is 23.2 Å². The van der Waals surface area contributed by atoms with Crippen LogP contribution in [0.25, 0.3) is 0 Å². The van der Waals surface area contributed by atoms with Gasteiger partial charge in [-0.25, -0.2) is 13.2 Å². The number of nitrogens with zero attached hydrogens (tertiary/aromatic N) is 1. The molecule has 0 aromatic heterocycles. The number of carbonyl (C=O) groups excluding carboxylic acids is 1. The molecule has 212 valence electrons. The Bertz CT molecular complexity index is 1340. The van der Waals surface area contributed by atoms with Crippen LogP contribution < -0.4 is 15.4 Å². The van der Waals surface area contributed by atoms with Crippen molar-refractivity contribution in [2.75, 3.05) is 51.3 Å². The van der Waals surface area contributed by atoms with Gasteiger partial charge in [-0.1, -0.05) is 18.2 Å². The first-order valence-electron chi connectivity index (χ1n) is 13.6. The number of amides is 1. The molecule has 2 aliphatic heterocycles. The molecule has 0 atom stereocenters. The highest BCUT2D eigenvalue weighted by Gasteiger charge is 2.35. The second kappa shape index (κ2) is 12.4. The van der Waals surface area contributed by atoms with E-state index in [1.165, 1.54) is 11.1 Å². The lowest BCUT2D eigenvalue weighted by atomic mass is 9.68. The zero-order chi connectivity index (χ0) is 28.1. The molecule has 9 heteroatoms. The largest absolute Gasteiger partial charge is 0.454 e. The van der Waals surface area contributed by atoms with Crippen LogP contribution in [-0.4, -0.2) is 56.7 Å². The van der Waals surface area contributed by atoms with E-state index in [-0.39, 0.29) is 17.1 Å². The van der Waals surface area contributed by atoms with Crippen molar-refractivity contribution in [3.63, 3.8) is 0 Å². The van der Waals surface area contributed by atoms with Gasteiger partial charge in [-0.05, 0) is 80.2 Å². The fourth-order valence-electron chi connectivity index (χ4n) is 5.66. The third-order valence-electron chi connectivity index (χ3n) is 7.79. The smallest absolute Gasteiger partial charge is 0.238 e. The van der Waals surface area contributed by atoms with Crippen molar-refractivity contribution in [2.45, 2.75) is 31.6 Å². The van der Waals surface area contributed by atoms with E-state index in [1.54, 1.807) is 12.1 Å². The molecule has 2 heterocycles. The Morgan fingerprint density at radius 2 is 1.68 bits per heavy atom. The number of benzene rings is 3. The third kappa shape index (κ3) is 6.66. The Hall–Kier alpha value is -3.40. The monoisotopic (exact) mass is 553 g/mol. The van der Waals surface area contributed by atoms with Crippen LogP contribution in [-0.2, 0) is 21.4 Å². The maximum atomic E-state index is 14.0. The van der Waals surface area contributed by atoms with Gasteiger partial charge in [0.2, 0.25) is 5.91 Å². The highest BCUT2D eigenvalue weighted by Crippen LogP contribution is 2.40. The molecular weight excluding hydrogens is 519 g/mol. The van der Waals surface area contributed by atoms with Gasteiger partial charge in [0, 0.05) is 36.3 Å². The second-order valence-electron chi connectivity index (χ2n) is 10.6. The minimum Gasteiger partial charge on any atom is -0.454 e. The number of ether oxygens (including phenoxy) is 2. The first-order chi connectivity index (χ1) is 19.3. The summed E-state index contributed by atoms with van der Waals surface area (Å²) in [4.78, 5) is 14.9. The van der Waals surface area contributed by atoms with E-state index in [0.717, 1.165) is 56.7 Å². The van der Waals surface area contributed by atoms with Crippen molar-refractivity contribution in [1.82, 2.24) is 10.2 Å². The van der Waals surface area contributed by atoms with Crippen molar-refractivity contribution in [3.8, 4) is 11.5 Å². The van der Waals surface area contributed by atoms with Gasteiger partial charge in [0.1, 0.15) is 5.75 Å². The molecule has 0 radical (unpaired) electrons. The maximum Gasteiger partial charge on any atom is 0.238 e. The van der Waals surface area contributed by atoms with E-state index in [4.69, 9.17) is 9.47 Å². The fourth-order valence-corrected chi connectivity index (χ4v) is 5.66. The Balaban J connectivity index is 1.33. The molecule has 5 rings (SSSR count). The quantitative estimate of drug-likeness (QED) is 0.369. The Morgan fingerprint density at radius 1 is 0.975 bits per heavy atom. The lowest BCUT2D eigenvalue weighted by Crippen LogP contribution is -2.42. The average molecular weight is 554 g/mol. The van der Waals surface area contributed by atoms with Crippen molar-refractivity contribution >= 4 is 11.6 Å². The van der Waals surface area contributed by atoms with Crippen LogP contribution in [0.3, 0.4) is 0 Å². The number of anilines is 1. The molecule has 3 aromatic rings. The van der Waals surface area contributed by atoms with Gasteiger partial charge in [-0.2, -0.15) is 0 Å². The summed E-state index contributed by atoms with van der Waals surface area (Å²) in [7, 11) is 0. The fraction of sp³-hybridized carbons (Fsp3) is 0.387. The molecule has 3 aromatic carbocycles. The minimum absolute atomic E-state index is 0.0378. The summed E-state index contributed by atoms with van der Waals surface area (Å²) < 4.78 is 51.7. The van der Waals surface area contributed by atoms with Gasteiger partial charge in [0.05, 0.1) is 19.8 Å². The predicted molar refractivity (Wildman–Crippen MR) is 147 cm³/mol. The van der Waals surface area contributed by atoms with Crippen molar-refractivity contribution in [2.24, 2.45) is 0 Å². The van der Waals surface area contributed by atoms with Crippen molar-refractivity contribution in [3.05, 3.63) is 88.7 Å². The van der Waals surface area contributed by atoms with E-state index < -0.39 is 17.5 Å².